The molecular weight excluding hydrogens is 376 g/mol. The number of hydrogen-bond acceptors (Lipinski definition) is 3. The van der Waals surface area contributed by atoms with Crippen LogP contribution in [0.5, 0.6) is 0 Å². The fourth-order valence-corrected chi connectivity index (χ4v) is 2.72. The minimum atomic E-state index is -0.435. The van der Waals surface area contributed by atoms with Crippen LogP contribution in [0.1, 0.15) is 15.9 Å². The number of aryl methyl sites for hydroxylation is 1. The van der Waals surface area contributed by atoms with Crippen molar-refractivity contribution in [1.82, 2.24) is 0 Å². The van der Waals surface area contributed by atoms with Crippen LogP contribution in [-0.4, -0.2) is 18.4 Å². The highest BCUT2D eigenvalue weighted by Crippen LogP contribution is 2.19. The fourth-order valence-electron chi connectivity index (χ4n) is 2.72. The molecule has 5 nitrogen and oxygen atoms in total. The highest BCUT2D eigenvalue weighted by molar-refractivity contribution is 6.10. The van der Waals surface area contributed by atoms with Crippen molar-refractivity contribution in [2.75, 3.05) is 22.5 Å². The summed E-state index contributed by atoms with van der Waals surface area (Å²) < 4.78 is 26.2. The third-order valence-corrected chi connectivity index (χ3v) is 4.18. The van der Waals surface area contributed by atoms with E-state index in [0.29, 0.717) is 22.6 Å². The Hall–Kier alpha value is -3.74. The van der Waals surface area contributed by atoms with Gasteiger partial charge >= 0.3 is 0 Å². The van der Waals surface area contributed by atoms with Crippen LogP contribution in [-0.2, 0) is 4.79 Å². The van der Waals surface area contributed by atoms with E-state index < -0.39 is 11.7 Å². The number of amides is 2. The van der Waals surface area contributed by atoms with Gasteiger partial charge in [-0.1, -0.05) is 12.1 Å². The largest absolute Gasteiger partial charge is 0.376 e. The van der Waals surface area contributed by atoms with Crippen LogP contribution in [0.2, 0.25) is 0 Å². The number of para-hydroxylation sites is 1. The van der Waals surface area contributed by atoms with Crippen molar-refractivity contribution >= 4 is 28.9 Å². The zero-order chi connectivity index (χ0) is 20.8. The van der Waals surface area contributed by atoms with Crippen LogP contribution in [0.15, 0.2) is 66.7 Å². The molecule has 0 bridgehead atoms. The second kappa shape index (κ2) is 8.97. The third-order valence-electron chi connectivity index (χ3n) is 4.18. The summed E-state index contributed by atoms with van der Waals surface area (Å²) in [6, 6.07) is 16.2. The second-order valence-corrected chi connectivity index (χ2v) is 6.37. The van der Waals surface area contributed by atoms with Gasteiger partial charge in [0.2, 0.25) is 5.91 Å². The highest BCUT2D eigenvalue weighted by atomic mass is 19.1. The summed E-state index contributed by atoms with van der Waals surface area (Å²) in [4.78, 5) is 24.9. The van der Waals surface area contributed by atoms with E-state index in [0.717, 1.165) is 0 Å². The van der Waals surface area contributed by atoms with E-state index >= 15 is 0 Å². The molecule has 2 amide bonds. The Balaban J connectivity index is 1.65. The molecule has 29 heavy (non-hydrogen) atoms. The topological polar surface area (TPSA) is 70.2 Å². The SMILES string of the molecule is Cc1cc(F)ccc1NCC(=O)Nc1ccccc1C(=O)Nc1ccc(F)cc1. The van der Waals surface area contributed by atoms with E-state index in [-0.39, 0.29) is 23.8 Å². The molecule has 0 aliphatic rings. The van der Waals surface area contributed by atoms with Crippen molar-refractivity contribution < 1.29 is 18.4 Å². The van der Waals surface area contributed by atoms with Gasteiger partial charge in [-0.25, -0.2) is 8.78 Å². The molecular formula is C22H19F2N3O2. The Bertz CT molecular complexity index is 1040. The third kappa shape index (κ3) is 5.38. The predicted molar refractivity (Wildman–Crippen MR) is 109 cm³/mol. The van der Waals surface area contributed by atoms with Crippen LogP contribution in [0.25, 0.3) is 0 Å². The number of carbonyl (C=O) groups excluding carboxylic acids is 2. The summed E-state index contributed by atoms with van der Waals surface area (Å²) in [7, 11) is 0. The van der Waals surface area contributed by atoms with Gasteiger partial charge < -0.3 is 16.0 Å². The number of anilines is 3. The molecule has 0 aliphatic carbocycles. The lowest BCUT2D eigenvalue weighted by Gasteiger charge is -2.13. The molecule has 0 aliphatic heterocycles. The molecule has 0 saturated carbocycles. The van der Waals surface area contributed by atoms with Gasteiger partial charge in [0, 0.05) is 11.4 Å². The summed E-state index contributed by atoms with van der Waals surface area (Å²) in [5.41, 5.74) is 2.37. The van der Waals surface area contributed by atoms with Crippen molar-refractivity contribution in [3.05, 3.63) is 89.5 Å². The molecule has 0 unspecified atom stereocenters. The van der Waals surface area contributed by atoms with E-state index in [9.17, 15) is 18.4 Å². The molecule has 7 heteroatoms. The van der Waals surface area contributed by atoms with Gasteiger partial charge in [-0.05, 0) is 67.1 Å². The maximum Gasteiger partial charge on any atom is 0.257 e. The predicted octanol–water partition coefficient (Wildman–Crippen LogP) is 4.58. The maximum absolute atomic E-state index is 13.2. The average Bonchev–Trinajstić information content (AvgIpc) is 2.69. The number of hydrogen-bond donors (Lipinski definition) is 3. The molecule has 148 valence electrons. The van der Waals surface area contributed by atoms with E-state index in [2.05, 4.69) is 16.0 Å². The molecule has 0 spiro atoms. The Morgan fingerprint density at radius 1 is 0.828 bits per heavy atom. The summed E-state index contributed by atoms with van der Waals surface area (Å²) in [6.45, 7) is 1.68. The summed E-state index contributed by atoms with van der Waals surface area (Å²) in [5, 5.41) is 8.29. The van der Waals surface area contributed by atoms with Crippen LogP contribution in [0, 0.1) is 18.6 Å². The van der Waals surface area contributed by atoms with Gasteiger partial charge in [0.15, 0.2) is 0 Å². The first-order valence-electron chi connectivity index (χ1n) is 8.88. The number of carbonyl (C=O) groups is 2. The van der Waals surface area contributed by atoms with Crippen molar-refractivity contribution in [3.63, 3.8) is 0 Å². The quantitative estimate of drug-likeness (QED) is 0.572. The van der Waals surface area contributed by atoms with Gasteiger partial charge in [0.05, 0.1) is 17.8 Å². The standard InChI is InChI=1S/C22H19F2N3O2/c1-14-12-16(24)8-11-19(14)25-13-21(28)27-20-5-3-2-4-18(20)22(29)26-17-9-6-15(23)7-10-17/h2-12,25H,13H2,1H3,(H,26,29)(H,27,28). The van der Waals surface area contributed by atoms with Crippen LogP contribution >= 0.6 is 0 Å². The van der Waals surface area contributed by atoms with Crippen LogP contribution in [0.4, 0.5) is 25.8 Å². The Morgan fingerprint density at radius 2 is 1.52 bits per heavy atom. The molecule has 3 N–H and O–H groups in total. The molecule has 0 aromatic heterocycles. The smallest absolute Gasteiger partial charge is 0.257 e. The monoisotopic (exact) mass is 395 g/mol. The summed E-state index contributed by atoms with van der Waals surface area (Å²) in [5.74, 6) is -1.55. The summed E-state index contributed by atoms with van der Waals surface area (Å²) in [6.07, 6.45) is 0. The van der Waals surface area contributed by atoms with Crippen molar-refractivity contribution in [2.24, 2.45) is 0 Å². The summed E-state index contributed by atoms with van der Waals surface area (Å²) >= 11 is 0. The molecule has 3 aromatic carbocycles. The number of nitrogens with one attached hydrogen (secondary N) is 3. The average molecular weight is 395 g/mol. The Kier molecular flexibility index (Phi) is 6.19. The molecule has 0 saturated heterocycles. The molecule has 3 rings (SSSR count). The molecule has 0 fully saturated rings. The van der Waals surface area contributed by atoms with E-state index in [1.54, 1.807) is 37.3 Å². The molecule has 0 radical (unpaired) electrons. The van der Waals surface area contributed by atoms with E-state index in [1.807, 2.05) is 0 Å². The van der Waals surface area contributed by atoms with Gasteiger partial charge in [-0.15, -0.1) is 0 Å². The number of benzene rings is 3. The number of rotatable bonds is 6. The Labute approximate surface area is 166 Å². The second-order valence-electron chi connectivity index (χ2n) is 6.37. The molecule has 0 heterocycles. The van der Waals surface area contributed by atoms with Crippen molar-refractivity contribution in [1.29, 1.82) is 0 Å². The normalized spacial score (nSPS) is 10.3. The van der Waals surface area contributed by atoms with Crippen LogP contribution < -0.4 is 16.0 Å². The fraction of sp³-hybridized carbons (Fsp3) is 0.0909. The first-order chi connectivity index (χ1) is 13.9. The van der Waals surface area contributed by atoms with Gasteiger partial charge in [-0.3, -0.25) is 9.59 Å². The first-order valence-corrected chi connectivity index (χ1v) is 8.88. The zero-order valence-electron chi connectivity index (χ0n) is 15.6. The minimum Gasteiger partial charge on any atom is -0.376 e. The highest BCUT2D eigenvalue weighted by Gasteiger charge is 2.13. The van der Waals surface area contributed by atoms with Gasteiger partial charge in [0.25, 0.3) is 5.91 Å². The van der Waals surface area contributed by atoms with Gasteiger partial charge in [0.1, 0.15) is 11.6 Å². The minimum absolute atomic E-state index is 0.0552. The molecule has 0 atom stereocenters. The lowest BCUT2D eigenvalue weighted by Crippen LogP contribution is -2.24. The van der Waals surface area contributed by atoms with Gasteiger partial charge in [-0.2, -0.15) is 0 Å². The Morgan fingerprint density at radius 3 is 2.24 bits per heavy atom. The lowest BCUT2D eigenvalue weighted by atomic mass is 10.1. The lowest BCUT2D eigenvalue weighted by molar-refractivity contribution is -0.114. The maximum atomic E-state index is 13.2. The first kappa shape index (κ1) is 20.0. The van der Waals surface area contributed by atoms with E-state index in [1.165, 1.54) is 36.4 Å². The van der Waals surface area contributed by atoms with E-state index in [4.69, 9.17) is 0 Å². The molecule has 3 aromatic rings. The van der Waals surface area contributed by atoms with Crippen molar-refractivity contribution in [3.8, 4) is 0 Å². The van der Waals surface area contributed by atoms with Crippen molar-refractivity contribution in [2.45, 2.75) is 6.92 Å². The number of halogens is 2. The zero-order valence-corrected chi connectivity index (χ0v) is 15.6. The van der Waals surface area contributed by atoms with Crippen LogP contribution in [0.3, 0.4) is 0 Å².